The van der Waals surface area contributed by atoms with Crippen molar-refractivity contribution in [3.05, 3.63) is 29.5 Å². The second-order valence-corrected chi connectivity index (χ2v) is 8.32. The summed E-state index contributed by atoms with van der Waals surface area (Å²) >= 11 is 0. The molecular formula is C17H22N2O4S. The number of carbonyl (C=O) groups excluding carboxylic acids is 1. The number of sulfonamides is 1. The molecule has 1 saturated heterocycles. The van der Waals surface area contributed by atoms with Gasteiger partial charge in [-0.2, -0.15) is 4.31 Å². The molecule has 3 rings (SSSR count). The molecule has 2 heterocycles. The molecule has 1 aliphatic rings. The van der Waals surface area contributed by atoms with Crippen LogP contribution in [0.3, 0.4) is 0 Å². The van der Waals surface area contributed by atoms with Crippen molar-refractivity contribution in [2.45, 2.75) is 31.6 Å². The molecule has 0 radical (unpaired) electrons. The number of rotatable bonds is 3. The molecule has 6 nitrogen and oxygen atoms in total. The molecule has 130 valence electrons. The summed E-state index contributed by atoms with van der Waals surface area (Å²) in [6, 6.07) is 4.77. The van der Waals surface area contributed by atoms with Crippen molar-refractivity contribution in [3.63, 3.8) is 0 Å². The molecule has 1 aromatic carbocycles. The van der Waals surface area contributed by atoms with E-state index in [1.807, 2.05) is 0 Å². The minimum Gasteiger partial charge on any atom is -0.451 e. The van der Waals surface area contributed by atoms with E-state index in [2.05, 4.69) is 12.2 Å². The van der Waals surface area contributed by atoms with Crippen molar-refractivity contribution >= 4 is 26.9 Å². The fourth-order valence-electron chi connectivity index (χ4n) is 3.06. The number of nitrogens with zero attached hydrogens (tertiary/aromatic N) is 1. The van der Waals surface area contributed by atoms with Crippen molar-refractivity contribution in [2.24, 2.45) is 5.92 Å². The van der Waals surface area contributed by atoms with Crippen LogP contribution in [0.2, 0.25) is 0 Å². The van der Waals surface area contributed by atoms with Crippen LogP contribution in [0.4, 0.5) is 0 Å². The van der Waals surface area contributed by atoms with Gasteiger partial charge in [0.2, 0.25) is 10.0 Å². The van der Waals surface area contributed by atoms with E-state index in [0.717, 1.165) is 12.8 Å². The topological polar surface area (TPSA) is 79.6 Å². The lowest BCUT2D eigenvalue weighted by Gasteiger charge is -2.29. The molecule has 1 amide bonds. The van der Waals surface area contributed by atoms with Gasteiger partial charge < -0.3 is 9.73 Å². The van der Waals surface area contributed by atoms with E-state index >= 15 is 0 Å². The number of hydrogen-bond acceptors (Lipinski definition) is 4. The number of nitrogens with one attached hydrogen (secondary N) is 1. The smallest absolute Gasteiger partial charge is 0.287 e. The lowest BCUT2D eigenvalue weighted by molar-refractivity contribution is 0.0937. The normalized spacial score (nSPS) is 17.3. The van der Waals surface area contributed by atoms with Crippen LogP contribution < -0.4 is 5.32 Å². The molecule has 1 N–H and O–H groups in total. The molecule has 0 aliphatic carbocycles. The van der Waals surface area contributed by atoms with Gasteiger partial charge in [-0.05, 0) is 43.9 Å². The first-order valence-electron chi connectivity index (χ1n) is 8.10. The van der Waals surface area contributed by atoms with Gasteiger partial charge in [-0.1, -0.05) is 6.92 Å². The molecule has 0 spiro atoms. The molecular weight excluding hydrogens is 328 g/mol. The molecule has 0 atom stereocenters. The lowest BCUT2D eigenvalue weighted by atomic mass is 10.0. The summed E-state index contributed by atoms with van der Waals surface area (Å²) < 4.78 is 32.8. The predicted molar refractivity (Wildman–Crippen MR) is 91.5 cm³/mol. The Kier molecular flexibility index (Phi) is 4.40. The molecule has 0 bridgehead atoms. The highest BCUT2D eigenvalue weighted by molar-refractivity contribution is 7.89. The summed E-state index contributed by atoms with van der Waals surface area (Å²) in [7, 11) is -1.99. The van der Waals surface area contributed by atoms with Gasteiger partial charge in [0.25, 0.3) is 5.91 Å². The van der Waals surface area contributed by atoms with Crippen molar-refractivity contribution in [3.8, 4) is 0 Å². The van der Waals surface area contributed by atoms with Crippen LogP contribution in [0.5, 0.6) is 0 Å². The Morgan fingerprint density at radius 2 is 1.96 bits per heavy atom. The maximum atomic E-state index is 12.9. The average Bonchev–Trinajstić information content (AvgIpc) is 2.91. The van der Waals surface area contributed by atoms with E-state index in [9.17, 15) is 13.2 Å². The standard InChI is InChI=1S/C17H22N2O4S/c1-11-6-8-19(9-7-11)24(21,22)13-4-5-15-14(10-13)12(2)16(23-15)17(20)18-3/h4-5,10-11H,6-9H2,1-3H3,(H,18,20). The van der Waals surface area contributed by atoms with E-state index in [1.54, 1.807) is 29.4 Å². The summed E-state index contributed by atoms with van der Waals surface area (Å²) in [6.45, 7) is 5.01. The monoisotopic (exact) mass is 350 g/mol. The van der Waals surface area contributed by atoms with Gasteiger partial charge in [0, 0.05) is 31.1 Å². The Balaban J connectivity index is 2.01. The average molecular weight is 350 g/mol. The minimum atomic E-state index is -3.52. The number of furan rings is 1. The fraction of sp³-hybridized carbons (Fsp3) is 0.471. The van der Waals surface area contributed by atoms with E-state index in [0.29, 0.717) is 35.5 Å². The molecule has 7 heteroatoms. The Hall–Kier alpha value is -1.86. The summed E-state index contributed by atoms with van der Waals surface area (Å²) in [4.78, 5) is 12.1. The van der Waals surface area contributed by atoms with Crippen LogP contribution in [0.25, 0.3) is 11.0 Å². The van der Waals surface area contributed by atoms with Crippen molar-refractivity contribution in [1.82, 2.24) is 9.62 Å². The molecule has 1 aromatic heterocycles. The molecule has 1 fully saturated rings. The first-order valence-corrected chi connectivity index (χ1v) is 9.54. The van der Waals surface area contributed by atoms with Crippen LogP contribution >= 0.6 is 0 Å². The second-order valence-electron chi connectivity index (χ2n) is 6.38. The third kappa shape index (κ3) is 2.82. The summed E-state index contributed by atoms with van der Waals surface area (Å²) in [6.07, 6.45) is 1.76. The highest BCUT2D eigenvalue weighted by Gasteiger charge is 2.29. The number of piperidine rings is 1. The first kappa shape index (κ1) is 17.0. The Labute approximate surface area is 141 Å². The fourth-order valence-corrected chi connectivity index (χ4v) is 4.56. The zero-order valence-corrected chi connectivity index (χ0v) is 14.9. The summed E-state index contributed by atoms with van der Waals surface area (Å²) in [5.74, 6) is 0.456. The van der Waals surface area contributed by atoms with Gasteiger partial charge in [0.05, 0.1) is 4.90 Å². The Morgan fingerprint density at radius 3 is 2.58 bits per heavy atom. The van der Waals surface area contributed by atoms with Crippen LogP contribution in [0.1, 0.15) is 35.9 Å². The number of benzene rings is 1. The van der Waals surface area contributed by atoms with Crippen LogP contribution in [-0.2, 0) is 10.0 Å². The van der Waals surface area contributed by atoms with Gasteiger partial charge in [-0.3, -0.25) is 4.79 Å². The molecule has 1 aliphatic heterocycles. The molecule has 0 saturated carbocycles. The number of hydrogen-bond donors (Lipinski definition) is 1. The number of carbonyl (C=O) groups is 1. The summed E-state index contributed by atoms with van der Waals surface area (Å²) in [5.41, 5.74) is 1.16. The molecule has 0 unspecified atom stereocenters. The van der Waals surface area contributed by atoms with Crippen LogP contribution in [0.15, 0.2) is 27.5 Å². The first-order chi connectivity index (χ1) is 11.3. The van der Waals surface area contributed by atoms with Crippen molar-refractivity contribution in [1.29, 1.82) is 0 Å². The summed E-state index contributed by atoms with van der Waals surface area (Å²) in [5, 5.41) is 3.18. The number of amides is 1. The highest BCUT2D eigenvalue weighted by Crippen LogP contribution is 2.30. The number of aryl methyl sites for hydroxylation is 1. The van der Waals surface area contributed by atoms with E-state index < -0.39 is 10.0 Å². The van der Waals surface area contributed by atoms with Crippen LogP contribution in [0, 0.1) is 12.8 Å². The third-order valence-corrected chi connectivity index (χ3v) is 6.62. The predicted octanol–water partition coefficient (Wildman–Crippen LogP) is 2.52. The quantitative estimate of drug-likeness (QED) is 0.922. The van der Waals surface area contributed by atoms with Gasteiger partial charge >= 0.3 is 0 Å². The molecule has 24 heavy (non-hydrogen) atoms. The maximum absolute atomic E-state index is 12.9. The van der Waals surface area contributed by atoms with Gasteiger partial charge in [-0.25, -0.2) is 8.42 Å². The lowest BCUT2D eigenvalue weighted by Crippen LogP contribution is -2.37. The molecule has 2 aromatic rings. The maximum Gasteiger partial charge on any atom is 0.287 e. The van der Waals surface area contributed by atoms with E-state index in [4.69, 9.17) is 4.42 Å². The van der Waals surface area contributed by atoms with Crippen molar-refractivity contribution < 1.29 is 17.6 Å². The van der Waals surface area contributed by atoms with Crippen molar-refractivity contribution in [2.75, 3.05) is 20.1 Å². The van der Waals surface area contributed by atoms with Gasteiger partial charge in [0.1, 0.15) is 5.58 Å². The third-order valence-electron chi connectivity index (χ3n) is 4.72. The SMILES string of the molecule is CNC(=O)c1oc2ccc(S(=O)(=O)N3CCC(C)CC3)cc2c1C. The Morgan fingerprint density at radius 1 is 1.29 bits per heavy atom. The largest absolute Gasteiger partial charge is 0.451 e. The Bertz CT molecular complexity index is 877. The minimum absolute atomic E-state index is 0.217. The van der Waals surface area contributed by atoms with Crippen LogP contribution in [-0.4, -0.2) is 38.8 Å². The zero-order valence-electron chi connectivity index (χ0n) is 14.1. The highest BCUT2D eigenvalue weighted by atomic mass is 32.2. The second kappa shape index (κ2) is 6.22. The number of fused-ring (bicyclic) bond motifs is 1. The van der Waals surface area contributed by atoms with E-state index in [1.165, 1.54) is 7.05 Å². The van der Waals surface area contributed by atoms with Gasteiger partial charge in [-0.15, -0.1) is 0 Å². The van der Waals surface area contributed by atoms with E-state index in [-0.39, 0.29) is 16.6 Å². The zero-order chi connectivity index (χ0) is 17.5. The van der Waals surface area contributed by atoms with Gasteiger partial charge in [0.15, 0.2) is 5.76 Å².